The Kier molecular flexibility index (Phi) is 3.10. The van der Waals surface area contributed by atoms with Crippen LogP contribution in [-0.4, -0.2) is 9.55 Å². The van der Waals surface area contributed by atoms with E-state index in [0.29, 0.717) is 5.02 Å². The molecule has 0 unspecified atom stereocenters. The second-order valence-electron chi connectivity index (χ2n) is 4.33. The van der Waals surface area contributed by atoms with Crippen molar-refractivity contribution in [2.75, 3.05) is 0 Å². The van der Waals surface area contributed by atoms with Crippen LogP contribution in [0.5, 0.6) is 0 Å². The number of benzene rings is 2. The van der Waals surface area contributed by atoms with Gasteiger partial charge in [-0.25, -0.2) is 4.98 Å². The van der Waals surface area contributed by atoms with Gasteiger partial charge in [0.15, 0.2) is 0 Å². The molecule has 1 heterocycles. The lowest BCUT2D eigenvalue weighted by Gasteiger charge is -2.06. The van der Waals surface area contributed by atoms with E-state index in [1.165, 1.54) is 0 Å². The van der Waals surface area contributed by atoms with Gasteiger partial charge in [-0.05, 0) is 18.2 Å². The van der Waals surface area contributed by atoms with Crippen LogP contribution >= 0.6 is 11.6 Å². The topological polar surface area (TPSA) is 17.8 Å². The Bertz CT molecular complexity index is 729. The summed E-state index contributed by atoms with van der Waals surface area (Å²) in [5.74, 6) is 0.942. The Morgan fingerprint density at radius 3 is 2.68 bits per heavy atom. The highest BCUT2D eigenvalue weighted by atomic mass is 35.5. The molecule has 0 fully saturated rings. The highest BCUT2D eigenvalue weighted by Crippen LogP contribution is 2.26. The van der Waals surface area contributed by atoms with Crippen LogP contribution < -0.4 is 0 Å². The van der Waals surface area contributed by atoms with Crippen molar-refractivity contribution in [1.29, 1.82) is 0 Å². The van der Waals surface area contributed by atoms with E-state index in [1.807, 2.05) is 42.5 Å². The van der Waals surface area contributed by atoms with Crippen LogP contribution in [-0.2, 0) is 6.54 Å². The van der Waals surface area contributed by atoms with Crippen LogP contribution in [0.3, 0.4) is 0 Å². The molecule has 0 aliphatic carbocycles. The zero-order chi connectivity index (χ0) is 13.2. The molecule has 0 bridgehead atoms. The predicted octanol–water partition coefficient (Wildman–Crippen LogP) is 4.54. The summed E-state index contributed by atoms with van der Waals surface area (Å²) in [7, 11) is 0. The average molecular weight is 269 g/mol. The van der Waals surface area contributed by atoms with Crippen molar-refractivity contribution < 1.29 is 0 Å². The van der Waals surface area contributed by atoms with Crippen molar-refractivity contribution >= 4 is 22.6 Å². The normalized spacial score (nSPS) is 10.8. The van der Waals surface area contributed by atoms with Crippen LogP contribution in [0, 0.1) is 0 Å². The summed E-state index contributed by atoms with van der Waals surface area (Å²) in [4.78, 5) is 4.69. The van der Waals surface area contributed by atoms with Gasteiger partial charge in [-0.1, -0.05) is 48.0 Å². The fourth-order valence-corrected chi connectivity index (χ4v) is 2.39. The van der Waals surface area contributed by atoms with Gasteiger partial charge in [-0.2, -0.15) is 0 Å². The number of aromatic nitrogens is 2. The van der Waals surface area contributed by atoms with Crippen molar-refractivity contribution in [2.45, 2.75) is 6.54 Å². The van der Waals surface area contributed by atoms with Crippen LogP contribution in [0.1, 0.15) is 0 Å². The first-order valence-electron chi connectivity index (χ1n) is 6.11. The number of nitrogens with zero attached hydrogens (tertiary/aromatic N) is 2. The maximum atomic E-state index is 6.03. The number of fused-ring (bicyclic) bond motifs is 1. The SMILES string of the molecule is C=CCn1c(-c2ccccc2)nc2cc(Cl)ccc21. The van der Waals surface area contributed by atoms with E-state index in [-0.39, 0.29) is 0 Å². The molecule has 3 heteroatoms. The lowest BCUT2D eigenvalue weighted by atomic mass is 10.2. The van der Waals surface area contributed by atoms with E-state index in [2.05, 4.69) is 23.3 Å². The summed E-state index contributed by atoms with van der Waals surface area (Å²) in [5, 5.41) is 0.704. The quantitative estimate of drug-likeness (QED) is 0.638. The lowest BCUT2D eigenvalue weighted by molar-refractivity contribution is 0.862. The molecule has 0 amide bonds. The van der Waals surface area contributed by atoms with Gasteiger partial charge in [0.2, 0.25) is 0 Å². The number of rotatable bonds is 3. The van der Waals surface area contributed by atoms with E-state index < -0.39 is 0 Å². The Labute approximate surface area is 117 Å². The molecule has 0 radical (unpaired) electrons. The van der Waals surface area contributed by atoms with Crippen molar-refractivity contribution in [2.24, 2.45) is 0 Å². The number of hydrogen-bond acceptors (Lipinski definition) is 1. The molecule has 0 spiro atoms. The highest BCUT2D eigenvalue weighted by Gasteiger charge is 2.11. The maximum absolute atomic E-state index is 6.03. The third kappa shape index (κ3) is 2.15. The molecule has 1 aromatic heterocycles. The maximum Gasteiger partial charge on any atom is 0.141 e. The fourth-order valence-electron chi connectivity index (χ4n) is 2.22. The Morgan fingerprint density at radius 2 is 1.95 bits per heavy atom. The summed E-state index contributed by atoms with van der Waals surface area (Å²) in [5.41, 5.74) is 3.08. The molecule has 0 atom stereocenters. The summed E-state index contributed by atoms with van der Waals surface area (Å²) in [6, 6.07) is 15.9. The molecular formula is C16H13ClN2. The summed E-state index contributed by atoms with van der Waals surface area (Å²) < 4.78 is 2.15. The third-order valence-corrected chi connectivity index (χ3v) is 3.29. The van der Waals surface area contributed by atoms with Gasteiger partial charge in [0.1, 0.15) is 5.82 Å². The third-order valence-electron chi connectivity index (χ3n) is 3.05. The summed E-state index contributed by atoms with van der Waals surface area (Å²) >= 11 is 6.03. The molecule has 19 heavy (non-hydrogen) atoms. The van der Waals surface area contributed by atoms with Crippen LogP contribution in [0.2, 0.25) is 5.02 Å². The predicted molar refractivity (Wildman–Crippen MR) is 80.4 cm³/mol. The second-order valence-corrected chi connectivity index (χ2v) is 4.77. The lowest BCUT2D eigenvalue weighted by Crippen LogP contribution is -1.97. The van der Waals surface area contributed by atoms with Gasteiger partial charge in [-0.3, -0.25) is 0 Å². The number of imidazole rings is 1. The number of allylic oxidation sites excluding steroid dienone is 1. The monoisotopic (exact) mass is 268 g/mol. The minimum Gasteiger partial charge on any atom is -0.320 e. The summed E-state index contributed by atoms with van der Waals surface area (Å²) in [6.45, 7) is 4.54. The summed E-state index contributed by atoms with van der Waals surface area (Å²) in [6.07, 6.45) is 1.88. The highest BCUT2D eigenvalue weighted by molar-refractivity contribution is 6.31. The van der Waals surface area contributed by atoms with Gasteiger partial charge in [0.25, 0.3) is 0 Å². The van der Waals surface area contributed by atoms with Gasteiger partial charge in [-0.15, -0.1) is 6.58 Å². The first kappa shape index (κ1) is 12.0. The molecule has 3 rings (SSSR count). The largest absolute Gasteiger partial charge is 0.320 e. The van der Waals surface area contributed by atoms with Gasteiger partial charge < -0.3 is 4.57 Å². The number of halogens is 1. The van der Waals surface area contributed by atoms with Crippen LogP contribution in [0.25, 0.3) is 22.4 Å². The molecule has 0 saturated carbocycles. The molecule has 0 saturated heterocycles. The fraction of sp³-hybridized carbons (Fsp3) is 0.0625. The molecule has 2 nitrogen and oxygen atoms in total. The van der Waals surface area contributed by atoms with E-state index in [1.54, 1.807) is 0 Å². The molecule has 0 N–H and O–H groups in total. The van der Waals surface area contributed by atoms with Crippen molar-refractivity contribution in [1.82, 2.24) is 9.55 Å². The smallest absolute Gasteiger partial charge is 0.141 e. The number of hydrogen-bond donors (Lipinski definition) is 0. The van der Waals surface area contributed by atoms with E-state index in [0.717, 1.165) is 29.0 Å². The molecular weight excluding hydrogens is 256 g/mol. The van der Waals surface area contributed by atoms with Gasteiger partial charge >= 0.3 is 0 Å². The van der Waals surface area contributed by atoms with E-state index in [9.17, 15) is 0 Å². The minimum atomic E-state index is 0.704. The Balaban J connectivity index is 2.28. The first-order valence-corrected chi connectivity index (χ1v) is 6.49. The molecule has 0 aliphatic rings. The van der Waals surface area contributed by atoms with Crippen molar-refractivity contribution in [3.8, 4) is 11.4 Å². The Hall–Kier alpha value is -2.06. The first-order chi connectivity index (χ1) is 9.29. The Morgan fingerprint density at radius 1 is 1.16 bits per heavy atom. The zero-order valence-corrected chi connectivity index (χ0v) is 11.1. The second kappa shape index (κ2) is 4.90. The van der Waals surface area contributed by atoms with Gasteiger partial charge in [0.05, 0.1) is 11.0 Å². The molecule has 0 aliphatic heterocycles. The average Bonchev–Trinajstić information content (AvgIpc) is 2.78. The molecule has 2 aromatic carbocycles. The zero-order valence-electron chi connectivity index (χ0n) is 10.4. The molecule has 3 aromatic rings. The van der Waals surface area contributed by atoms with Crippen molar-refractivity contribution in [3.63, 3.8) is 0 Å². The molecule has 94 valence electrons. The van der Waals surface area contributed by atoms with Gasteiger partial charge in [0, 0.05) is 17.1 Å². The van der Waals surface area contributed by atoms with E-state index in [4.69, 9.17) is 16.6 Å². The standard InChI is InChI=1S/C16H13ClN2/c1-2-10-19-15-9-8-13(17)11-14(15)18-16(19)12-6-4-3-5-7-12/h2-9,11H,1,10H2. The van der Waals surface area contributed by atoms with Crippen LogP contribution in [0.4, 0.5) is 0 Å². The minimum absolute atomic E-state index is 0.704. The van der Waals surface area contributed by atoms with Crippen molar-refractivity contribution in [3.05, 3.63) is 66.2 Å². The van der Waals surface area contributed by atoms with Crippen LogP contribution in [0.15, 0.2) is 61.2 Å². The van der Waals surface area contributed by atoms with E-state index >= 15 is 0 Å².